The third kappa shape index (κ3) is 4.63. The van der Waals surface area contributed by atoms with Crippen molar-refractivity contribution in [3.8, 4) is 0 Å². The first-order valence-corrected chi connectivity index (χ1v) is 10.9. The van der Waals surface area contributed by atoms with Gasteiger partial charge in [0, 0.05) is 4.43 Å². The van der Waals surface area contributed by atoms with Crippen LogP contribution in [0.3, 0.4) is 0 Å². The zero-order valence-electron chi connectivity index (χ0n) is 15.6. The van der Waals surface area contributed by atoms with E-state index >= 15 is 0 Å². The minimum atomic E-state index is -1.34. The first-order valence-electron chi connectivity index (χ1n) is 9.34. The number of benzene rings is 2. The molecule has 0 radical (unpaired) electrons. The van der Waals surface area contributed by atoms with Crippen molar-refractivity contribution in [3.63, 3.8) is 0 Å². The number of hydrogen-bond donors (Lipinski definition) is 0. The molecule has 146 valence electrons. The standard InChI is InChI=1S/C23H23IO4/c24-15-20-13-7-8-14-23(20,21(25)27-16-18-9-3-1-4-10-18)22(26)28-17-19-11-5-2-6-12-19/h1-6,9-13H,7-8,14-17H2. The van der Waals surface area contributed by atoms with Crippen molar-refractivity contribution in [1.29, 1.82) is 0 Å². The van der Waals surface area contributed by atoms with Crippen molar-refractivity contribution in [2.75, 3.05) is 4.43 Å². The molecule has 4 nitrogen and oxygen atoms in total. The lowest BCUT2D eigenvalue weighted by Crippen LogP contribution is -2.45. The second-order valence-corrected chi connectivity index (χ2v) is 7.55. The van der Waals surface area contributed by atoms with Crippen LogP contribution in [0.25, 0.3) is 0 Å². The molecule has 0 unspecified atom stereocenters. The summed E-state index contributed by atoms with van der Waals surface area (Å²) in [7, 11) is 0. The molecule has 1 aliphatic rings. The summed E-state index contributed by atoms with van der Waals surface area (Å²) in [6.07, 6.45) is 4.02. The van der Waals surface area contributed by atoms with E-state index in [0.717, 1.165) is 29.5 Å². The number of ether oxygens (including phenoxy) is 2. The molecule has 0 bridgehead atoms. The highest BCUT2D eigenvalue weighted by Crippen LogP contribution is 2.41. The average molecular weight is 490 g/mol. The van der Waals surface area contributed by atoms with E-state index in [1.165, 1.54) is 0 Å². The average Bonchev–Trinajstić information content (AvgIpc) is 2.77. The van der Waals surface area contributed by atoms with Gasteiger partial charge in [0.05, 0.1) is 0 Å². The molecule has 0 N–H and O–H groups in total. The molecule has 0 saturated carbocycles. The van der Waals surface area contributed by atoms with Gasteiger partial charge in [-0.3, -0.25) is 9.59 Å². The molecule has 0 saturated heterocycles. The Morgan fingerprint density at radius 1 is 0.857 bits per heavy atom. The topological polar surface area (TPSA) is 52.6 Å². The SMILES string of the molecule is O=C(OCc1ccccc1)C1(C(=O)OCc2ccccc2)CCCC=C1CI. The molecule has 0 aromatic heterocycles. The highest BCUT2D eigenvalue weighted by Gasteiger charge is 2.52. The van der Waals surface area contributed by atoms with Crippen LogP contribution in [0.4, 0.5) is 0 Å². The summed E-state index contributed by atoms with van der Waals surface area (Å²) in [5.74, 6) is -1.03. The molecule has 0 spiro atoms. The van der Waals surface area contributed by atoms with E-state index in [0.29, 0.717) is 10.8 Å². The quantitative estimate of drug-likeness (QED) is 0.180. The second-order valence-electron chi connectivity index (χ2n) is 6.78. The van der Waals surface area contributed by atoms with Crippen molar-refractivity contribution in [2.45, 2.75) is 32.5 Å². The Kier molecular flexibility index (Phi) is 7.25. The second kappa shape index (κ2) is 9.87. The highest BCUT2D eigenvalue weighted by atomic mass is 127. The number of halogens is 1. The maximum absolute atomic E-state index is 13.1. The summed E-state index contributed by atoms with van der Waals surface area (Å²) in [4.78, 5) is 26.3. The van der Waals surface area contributed by atoms with Crippen molar-refractivity contribution >= 4 is 34.5 Å². The lowest BCUT2D eigenvalue weighted by molar-refractivity contribution is -0.172. The smallest absolute Gasteiger partial charge is 0.328 e. The van der Waals surface area contributed by atoms with Crippen LogP contribution >= 0.6 is 22.6 Å². The highest BCUT2D eigenvalue weighted by molar-refractivity contribution is 14.1. The van der Waals surface area contributed by atoms with Gasteiger partial charge in [-0.05, 0) is 36.0 Å². The Bertz CT molecular complexity index is 775. The predicted molar refractivity (Wildman–Crippen MR) is 116 cm³/mol. The van der Waals surface area contributed by atoms with Gasteiger partial charge in [0.2, 0.25) is 0 Å². The van der Waals surface area contributed by atoms with Crippen LogP contribution in [-0.4, -0.2) is 16.4 Å². The molecule has 0 fully saturated rings. The van der Waals surface area contributed by atoms with E-state index in [9.17, 15) is 9.59 Å². The van der Waals surface area contributed by atoms with E-state index in [4.69, 9.17) is 9.47 Å². The zero-order valence-corrected chi connectivity index (χ0v) is 17.8. The molecule has 5 heteroatoms. The van der Waals surface area contributed by atoms with E-state index in [1.807, 2.05) is 66.7 Å². The molecule has 2 aromatic rings. The van der Waals surface area contributed by atoms with Gasteiger partial charge in [-0.15, -0.1) is 0 Å². The lowest BCUT2D eigenvalue weighted by atomic mass is 9.73. The molecule has 0 atom stereocenters. The maximum Gasteiger partial charge on any atom is 0.328 e. The molecule has 0 amide bonds. The van der Waals surface area contributed by atoms with Gasteiger partial charge < -0.3 is 9.47 Å². The van der Waals surface area contributed by atoms with Crippen LogP contribution in [0, 0.1) is 5.41 Å². The number of carbonyl (C=O) groups is 2. The number of hydrogen-bond acceptors (Lipinski definition) is 4. The van der Waals surface area contributed by atoms with Crippen LogP contribution < -0.4 is 0 Å². The number of allylic oxidation sites excluding steroid dienone is 1. The summed E-state index contributed by atoms with van der Waals surface area (Å²) in [6, 6.07) is 19.0. The predicted octanol–water partition coefficient (Wildman–Crippen LogP) is 5.00. The van der Waals surface area contributed by atoms with Gasteiger partial charge in [0.15, 0.2) is 5.41 Å². The summed E-state index contributed by atoms with van der Waals surface area (Å²) < 4.78 is 11.8. The monoisotopic (exact) mass is 490 g/mol. The molecule has 3 rings (SSSR count). The Hall–Kier alpha value is -2.15. The lowest BCUT2D eigenvalue weighted by Gasteiger charge is -2.33. The van der Waals surface area contributed by atoms with E-state index in [1.54, 1.807) is 0 Å². The minimum Gasteiger partial charge on any atom is -0.460 e. The first-order chi connectivity index (χ1) is 13.7. The third-order valence-electron chi connectivity index (χ3n) is 4.96. The van der Waals surface area contributed by atoms with Gasteiger partial charge >= 0.3 is 11.9 Å². The summed E-state index contributed by atoms with van der Waals surface area (Å²) in [5.41, 5.74) is 1.22. The summed E-state index contributed by atoms with van der Waals surface area (Å²) in [5, 5.41) is 0. The van der Waals surface area contributed by atoms with Gasteiger partial charge in [-0.1, -0.05) is 89.3 Å². The Morgan fingerprint density at radius 3 is 1.82 bits per heavy atom. The molecule has 0 heterocycles. The van der Waals surface area contributed by atoms with Gasteiger partial charge in [-0.2, -0.15) is 0 Å². The van der Waals surface area contributed by atoms with Crippen molar-refractivity contribution in [3.05, 3.63) is 83.4 Å². The largest absolute Gasteiger partial charge is 0.460 e. The first kappa shape index (κ1) is 20.6. The minimum absolute atomic E-state index is 0.141. The molecule has 28 heavy (non-hydrogen) atoms. The van der Waals surface area contributed by atoms with E-state index in [2.05, 4.69) is 22.6 Å². The fraction of sp³-hybridized carbons (Fsp3) is 0.304. The maximum atomic E-state index is 13.1. The Labute approximate surface area is 179 Å². The summed E-state index contributed by atoms with van der Waals surface area (Å²) in [6.45, 7) is 0.282. The van der Waals surface area contributed by atoms with E-state index < -0.39 is 17.4 Å². The third-order valence-corrected chi connectivity index (χ3v) is 5.78. The van der Waals surface area contributed by atoms with Crippen molar-refractivity contribution < 1.29 is 19.1 Å². The van der Waals surface area contributed by atoms with Crippen molar-refractivity contribution in [1.82, 2.24) is 0 Å². The number of carbonyl (C=O) groups excluding carboxylic acids is 2. The fourth-order valence-electron chi connectivity index (χ4n) is 3.39. The van der Waals surface area contributed by atoms with Crippen LogP contribution in [0.15, 0.2) is 72.3 Å². The molecule has 0 aliphatic heterocycles. The molecule has 2 aromatic carbocycles. The van der Waals surface area contributed by atoms with Gasteiger partial charge in [0.25, 0.3) is 0 Å². The Balaban J connectivity index is 1.78. The van der Waals surface area contributed by atoms with Crippen LogP contribution in [0.2, 0.25) is 0 Å². The van der Waals surface area contributed by atoms with Crippen LogP contribution in [-0.2, 0) is 32.3 Å². The number of esters is 2. The van der Waals surface area contributed by atoms with Crippen molar-refractivity contribution in [2.24, 2.45) is 5.41 Å². The fourth-order valence-corrected chi connectivity index (χ4v) is 4.35. The normalized spacial score (nSPS) is 15.4. The molecule has 1 aliphatic carbocycles. The zero-order chi connectivity index (χ0) is 19.8. The van der Waals surface area contributed by atoms with Crippen LogP contribution in [0.5, 0.6) is 0 Å². The van der Waals surface area contributed by atoms with Crippen LogP contribution in [0.1, 0.15) is 30.4 Å². The molecular formula is C23H23IO4. The number of alkyl halides is 1. The van der Waals surface area contributed by atoms with E-state index in [-0.39, 0.29) is 13.2 Å². The summed E-state index contributed by atoms with van der Waals surface area (Å²) >= 11 is 2.19. The van der Waals surface area contributed by atoms with Gasteiger partial charge in [-0.25, -0.2) is 0 Å². The molecular weight excluding hydrogens is 467 g/mol. The van der Waals surface area contributed by atoms with Gasteiger partial charge in [0.1, 0.15) is 13.2 Å². The Morgan fingerprint density at radius 2 is 1.36 bits per heavy atom. The number of rotatable bonds is 7.